The van der Waals surface area contributed by atoms with Gasteiger partial charge in [0, 0.05) is 5.56 Å². The minimum atomic E-state index is -4.42. The smallest absolute Gasteiger partial charge is 0.416 e. The first-order chi connectivity index (χ1) is 9.77. The molecule has 1 heterocycles. The quantitative estimate of drug-likeness (QED) is 0.929. The van der Waals surface area contributed by atoms with Gasteiger partial charge in [-0.3, -0.25) is 9.78 Å². The predicted octanol–water partition coefficient (Wildman–Crippen LogP) is 4.05. The molecule has 21 heavy (non-hydrogen) atoms. The molecule has 0 amide bonds. The number of hydrogen-bond acceptors (Lipinski definition) is 2. The van der Waals surface area contributed by atoms with Crippen molar-refractivity contribution < 1.29 is 23.1 Å². The number of hydrogen-bond donors (Lipinski definition) is 1. The zero-order valence-corrected chi connectivity index (χ0v) is 11.2. The molecule has 0 radical (unpaired) electrons. The van der Waals surface area contributed by atoms with E-state index in [4.69, 9.17) is 16.7 Å². The van der Waals surface area contributed by atoms with E-state index < -0.39 is 17.7 Å². The van der Waals surface area contributed by atoms with Crippen molar-refractivity contribution in [1.82, 2.24) is 4.98 Å². The van der Waals surface area contributed by atoms with Crippen molar-refractivity contribution in [2.45, 2.75) is 12.6 Å². The minimum absolute atomic E-state index is 0.240. The number of aliphatic carboxylic acids is 1. The summed E-state index contributed by atoms with van der Waals surface area (Å²) in [4.78, 5) is 14.7. The highest BCUT2D eigenvalue weighted by atomic mass is 35.5. The molecular weight excluding hydrogens is 307 g/mol. The summed E-state index contributed by atoms with van der Waals surface area (Å²) in [6.45, 7) is 0. The number of pyridine rings is 1. The summed E-state index contributed by atoms with van der Waals surface area (Å²) in [5.41, 5.74) is 0.148. The molecule has 1 N–H and O–H groups in total. The minimum Gasteiger partial charge on any atom is -0.481 e. The highest BCUT2D eigenvalue weighted by Gasteiger charge is 2.30. The average Bonchev–Trinajstić information content (AvgIpc) is 2.39. The predicted molar refractivity (Wildman–Crippen MR) is 71.0 cm³/mol. The zero-order chi connectivity index (χ0) is 15.6. The van der Waals surface area contributed by atoms with Crippen LogP contribution in [-0.4, -0.2) is 16.1 Å². The Labute approximate surface area is 123 Å². The molecular formula is C14H9ClF3NO2. The highest BCUT2D eigenvalue weighted by molar-refractivity contribution is 6.33. The van der Waals surface area contributed by atoms with Gasteiger partial charge in [-0.15, -0.1) is 0 Å². The van der Waals surface area contributed by atoms with Crippen molar-refractivity contribution in [3.63, 3.8) is 0 Å². The topological polar surface area (TPSA) is 50.2 Å². The van der Waals surface area contributed by atoms with Crippen LogP contribution in [0, 0.1) is 0 Å². The Kier molecular flexibility index (Phi) is 4.18. The fourth-order valence-corrected chi connectivity index (χ4v) is 1.97. The Morgan fingerprint density at radius 3 is 2.29 bits per heavy atom. The van der Waals surface area contributed by atoms with Gasteiger partial charge in [-0.1, -0.05) is 23.7 Å². The van der Waals surface area contributed by atoms with Crippen LogP contribution in [0.25, 0.3) is 11.3 Å². The van der Waals surface area contributed by atoms with E-state index in [0.29, 0.717) is 5.56 Å². The van der Waals surface area contributed by atoms with E-state index >= 15 is 0 Å². The number of halogens is 4. The molecule has 0 saturated carbocycles. The van der Waals surface area contributed by atoms with Crippen LogP contribution in [0.2, 0.25) is 5.02 Å². The molecule has 2 rings (SSSR count). The van der Waals surface area contributed by atoms with Crippen LogP contribution >= 0.6 is 11.6 Å². The zero-order valence-electron chi connectivity index (χ0n) is 10.5. The van der Waals surface area contributed by atoms with Gasteiger partial charge in [0.2, 0.25) is 0 Å². The van der Waals surface area contributed by atoms with Crippen molar-refractivity contribution in [2.75, 3.05) is 0 Å². The standard InChI is InChI=1S/C14H9ClF3NO2/c15-11-6-5-10(7-12(20)21)19-13(11)8-1-3-9(4-2-8)14(16,17)18/h1-6H,7H2,(H,20,21). The summed E-state index contributed by atoms with van der Waals surface area (Å²) in [5.74, 6) is -1.05. The van der Waals surface area contributed by atoms with Crippen LogP contribution in [0.1, 0.15) is 11.3 Å². The number of rotatable bonds is 3. The summed E-state index contributed by atoms with van der Waals surface area (Å²) >= 11 is 5.96. The van der Waals surface area contributed by atoms with E-state index in [1.54, 1.807) is 0 Å². The van der Waals surface area contributed by atoms with Gasteiger partial charge in [0.15, 0.2) is 0 Å². The molecule has 110 valence electrons. The molecule has 1 aromatic carbocycles. The number of carbonyl (C=O) groups is 1. The van der Waals surface area contributed by atoms with Crippen LogP contribution in [-0.2, 0) is 17.4 Å². The van der Waals surface area contributed by atoms with Gasteiger partial charge in [-0.2, -0.15) is 13.2 Å². The van der Waals surface area contributed by atoms with E-state index in [2.05, 4.69) is 4.98 Å². The van der Waals surface area contributed by atoms with Crippen LogP contribution in [0.5, 0.6) is 0 Å². The third-order valence-corrected chi connectivity index (χ3v) is 3.03. The molecule has 3 nitrogen and oxygen atoms in total. The molecule has 0 bridgehead atoms. The third-order valence-electron chi connectivity index (χ3n) is 2.72. The van der Waals surface area contributed by atoms with Gasteiger partial charge in [0.1, 0.15) is 0 Å². The molecule has 0 atom stereocenters. The Bertz CT molecular complexity index is 669. The fourth-order valence-electron chi connectivity index (χ4n) is 1.76. The van der Waals surface area contributed by atoms with Crippen molar-refractivity contribution in [2.24, 2.45) is 0 Å². The lowest BCUT2D eigenvalue weighted by molar-refractivity contribution is -0.138. The summed E-state index contributed by atoms with van der Waals surface area (Å²) in [7, 11) is 0. The molecule has 2 aromatic rings. The molecule has 0 unspecified atom stereocenters. The van der Waals surface area contributed by atoms with Crippen molar-refractivity contribution >= 4 is 17.6 Å². The molecule has 0 fully saturated rings. The van der Waals surface area contributed by atoms with Gasteiger partial charge in [-0.25, -0.2) is 0 Å². The van der Waals surface area contributed by atoms with E-state index in [1.165, 1.54) is 24.3 Å². The molecule has 0 aliphatic heterocycles. The van der Waals surface area contributed by atoms with Gasteiger partial charge in [0.25, 0.3) is 0 Å². The molecule has 0 spiro atoms. The SMILES string of the molecule is O=C(O)Cc1ccc(Cl)c(-c2ccc(C(F)(F)F)cc2)n1. The van der Waals surface area contributed by atoms with E-state index in [0.717, 1.165) is 12.1 Å². The van der Waals surface area contributed by atoms with Gasteiger partial charge >= 0.3 is 12.1 Å². The number of aromatic nitrogens is 1. The van der Waals surface area contributed by atoms with E-state index in [1.807, 2.05) is 0 Å². The van der Waals surface area contributed by atoms with E-state index in [-0.39, 0.29) is 22.8 Å². The van der Waals surface area contributed by atoms with Crippen LogP contribution in [0.15, 0.2) is 36.4 Å². The normalized spacial score (nSPS) is 11.4. The van der Waals surface area contributed by atoms with Gasteiger partial charge < -0.3 is 5.11 Å². The number of nitrogens with zero attached hydrogens (tertiary/aromatic N) is 1. The second-order valence-electron chi connectivity index (χ2n) is 4.28. The summed E-state index contributed by atoms with van der Waals surface area (Å²) in [5, 5.41) is 8.97. The number of carboxylic acid groups (broad SMARTS) is 1. The lowest BCUT2D eigenvalue weighted by Crippen LogP contribution is -2.05. The van der Waals surface area contributed by atoms with Crippen molar-refractivity contribution in [3.8, 4) is 11.3 Å². The number of benzene rings is 1. The Balaban J connectivity index is 2.39. The molecule has 7 heteroatoms. The van der Waals surface area contributed by atoms with Crippen LogP contribution in [0.4, 0.5) is 13.2 Å². The molecule has 1 aromatic heterocycles. The van der Waals surface area contributed by atoms with Gasteiger partial charge in [0.05, 0.1) is 28.4 Å². The summed E-state index contributed by atoms with van der Waals surface area (Å²) in [6, 6.07) is 7.29. The number of carboxylic acids is 1. The van der Waals surface area contributed by atoms with Gasteiger partial charge in [-0.05, 0) is 24.3 Å². The maximum Gasteiger partial charge on any atom is 0.416 e. The monoisotopic (exact) mass is 315 g/mol. The Morgan fingerprint density at radius 1 is 1.14 bits per heavy atom. The van der Waals surface area contributed by atoms with Crippen LogP contribution < -0.4 is 0 Å². The first kappa shape index (κ1) is 15.3. The largest absolute Gasteiger partial charge is 0.481 e. The molecule has 0 aliphatic carbocycles. The Hall–Kier alpha value is -2.08. The number of alkyl halides is 3. The maximum atomic E-state index is 12.5. The summed E-state index contributed by atoms with van der Waals surface area (Å²) in [6.07, 6.45) is -4.70. The average molecular weight is 316 g/mol. The maximum absolute atomic E-state index is 12.5. The fraction of sp³-hybridized carbons (Fsp3) is 0.143. The van der Waals surface area contributed by atoms with Crippen molar-refractivity contribution in [3.05, 3.63) is 52.7 Å². The van der Waals surface area contributed by atoms with Crippen LogP contribution in [0.3, 0.4) is 0 Å². The van der Waals surface area contributed by atoms with E-state index in [9.17, 15) is 18.0 Å². The lowest BCUT2D eigenvalue weighted by atomic mass is 10.1. The Morgan fingerprint density at radius 2 is 1.76 bits per heavy atom. The summed E-state index contributed by atoms with van der Waals surface area (Å²) < 4.78 is 37.5. The molecule has 0 saturated heterocycles. The highest BCUT2D eigenvalue weighted by Crippen LogP contribution is 2.32. The molecule has 0 aliphatic rings. The third kappa shape index (κ3) is 3.72. The second kappa shape index (κ2) is 5.73. The first-order valence-electron chi connectivity index (χ1n) is 5.82. The van der Waals surface area contributed by atoms with Crippen molar-refractivity contribution in [1.29, 1.82) is 0 Å². The second-order valence-corrected chi connectivity index (χ2v) is 4.69. The lowest BCUT2D eigenvalue weighted by Gasteiger charge is -2.09. The first-order valence-corrected chi connectivity index (χ1v) is 6.20.